The molecule has 1 atom stereocenters. The normalized spacial score (nSPS) is 12.0. The highest BCUT2D eigenvalue weighted by atomic mass is 16.3. The number of rotatable bonds is 9. The summed E-state index contributed by atoms with van der Waals surface area (Å²) < 4.78 is 1.70. The number of benzene rings is 2. The van der Waals surface area contributed by atoms with E-state index in [1.54, 1.807) is 23.3 Å². The first-order chi connectivity index (χ1) is 15.2. The highest BCUT2D eigenvalue weighted by Crippen LogP contribution is 2.14. The number of aliphatic hydroxyl groups excluding tert-OH is 1. The van der Waals surface area contributed by atoms with Crippen molar-refractivity contribution in [1.82, 2.24) is 20.1 Å². The van der Waals surface area contributed by atoms with Crippen LogP contribution >= 0.6 is 0 Å². The van der Waals surface area contributed by atoms with Crippen LogP contribution in [-0.2, 0) is 17.8 Å². The molecule has 0 aliphatic heterocycles. The first kappa shape index (κ1) is 20.7. The fourth-order valence-corrected chi connectivity index (χ4v) is 3.41. The van der Waals surface area contributed by atoms with Crippen molar-refractivity contribution in [3.8, 4) is 0 Å². The summed E-state index contributed by atoms with van der Waals surface area (Å²) in [7, 11) is 0. The van der Waals surface area contributed by atoms with E-state index in [9.17, 15) is 9.90 Å². The zero-order chi connectivity index (χ0) is 21.5. The van der Waals surface area contributed by atoms with E-state index in [-0.39, 0.29) is 12.5 Å². The quantitative estimate of drug-likeness (QED) is 0.366. The van der Waals surface area contributed by atoms with Crippen molar-refractivity contribution in [2.24, 2.45) is 0 Å². The lowest BCUT2D eigenvalue weighted by Gasteiger charge is -2.12. The molecule has 4 rings (SSSR count). The van der Waals surface area contributed by atoms with Gasteiger partial charge < -0.3 is 15.7 Å². The van der Waals surface area contributed by atoms with E-state index in [0.717, 1.165) is 40.7 Å². The Morgan fingerprint density at radius 2 is 1.87 bits per heavy atom. The second-order valence-electron chi connectivity index (χ2n) is 7.36. The molecule has 31 heavy (non-hydrogen) atoms. The van der Waals surface area contributed by atoms with Gasteiger partial charge in [0.2, 0.25) is 5.91 Å². The van der Waals surface area contributed by atoms with Gasteiger partial charge in [-0.2, -0.15) is 5.10 Å². The fourth-order valence-electron chi connectivity index (χ4n) is 3.41. The number of hydrogen-bond acceptors (Lipinski definition) is 5. The molecular weight excluding hydrogens is 390 g/mol. The van der Waals surface area contributed by atoms with Gasteiger partial charge in [-0.15, -0.1) is 0 Å². The molecule has 2 aromatic carbocycles. The first-order valence-corrected chi connectivity index (χ1v) is 10.3. The van der Waals surface area contributed by atoms with E-state index in [1.165, 1.54) is 0 Å². The molecule has 7 nitrogen and oxygen atoms in total. The van der Waals surface area contributed by atoms with Gasteiger partial charge in [-0.25, -0.2) is 0 Å². The summed E-state index contributed by atoms with van der Waals surface area (Å²) in [5.41, 5.74) is 3.65. The number of carbonyl (C=O) groups is 1. The maximum Gasteiger partial charge on any atom is 0.246 e. The van der Waals surface area contributed by atoms with E-state index in [2.05, 4.69) is 20.7 Å². The number of pyridine rings is 1. The smallest absolute Gasteiger partial charge is 0.246 e. The first-order valence-electron chi connectivity index (χ1n) is 10.3. The van der Waals surface area contributed by atoms with Gasteiger partial charge in [0.25, 0.3) is 0 Å². The number of para-hydroxylation sites is 1. The van der Waals surface area contributed by atoms with Gasteiger partial charge in [-0.1, -0.05) is 36.4 Å². The molecule has 0 saturated heterocycles. The Morgan fingerprint density at radius 3 is 2.68 bits per heavy atom. The predicted octanol–water partition coefficient (Wildman–Crippen LogP) is 2.94. The highest BCUT2D eigenvalue weighted by Gasteiger charge is 2.08. The van der Waals surface area contributed by atoms with Crippen molar-refractivity contribution in [2.75, 3.05) is 18.4 Å². The SMILES string of the molecule is O=C(Cn1ncc2ccccc21)Nc1ccc(CCNC[C@H](O)c2cccnc2)cc1. The summed E-state index contributed by atoms with van der Waals surface area (Å²) in [5, 5.41) is 21.6. The predicted molar refractivity (Wildman–Crippen MR) is 121 cm³/mol. The topological polar surface area (TPSA) is 92.1 Å². The van der Waals surface area contributed by atoms with Gasteiger partial charge >= 0.3 is 0 Å². The second-order valence-corrected chi connectivity index (χ2v) is 7.36. The van der Waals surface area contributed by atoms with E-state index < -0.39 is 6.10 Å². The van der Waals surface area contributed by atoms with Gasteiger partial charge in [0.05, 0.1) is 17.8 Å². The summed E-state index contributed by atoms with van der Waals surface area (Å²) in [6.45, 7) is 1.38. The second kappa shape index (κ2) is 9.97. The number of carbonyl (C=O) groups excluding carboxylic acids is 1. The lowest BCUT2D eigenvalue weighted by Crippen LogP contribution is -2.23. The van der Waals surface area contributed by atoms with Crippen LogP contribution in [0.4, 0.5) is 5.69 Å². The van der Waals surface area contributed by atoms with Crippen LogP contribution in [0.2, 0.25) is 0 Å². The molecule has 0 aliphatic rings. The van der Waals surface area contributed by atoms with Crippen LogP contribution < -0.4 is 10.6 Å². The molecule has 158 valence electrons. The number of aliphatic hydroxyl groups is 1. The summed E-state index contributed by atoms with van der Waals surface area (Å²) in [5.74, 6) is -0.118. The summed E-state index contributed by atoms with van der Waals surface area (Å²) in [6.07, 6.45) is 5.38. The Morgan fingerprint density at radius 1 is 1.03 bits per heavy atom. The molecule has 2 heterocycles. The maximum atomic E-state index is 12.4. The molecule has 0 bridgehead atoms. The molecule has 0 radical (unpaired) electrons. The van der Waals surface area contributed by atoms with Crippen LogP contribution in [0.25, 0.3) is 10.9 Å². The zero-order valence-corrected chi connectivity index (χ0v) is 17.1. The third-order valence-electron chi connectivity index (χ3n) is 5.08. The molecule has 2 aromatic heterocycles. The minimum absolute atomic E-state index is 0.118. The Hall–Kier alpha value is -3.55. The highest BCUT2D eigenvalue weighted by molar-refractivity contribution is 5.91. The Kier molecular flexibility index (Phi) is 6.66. The number of anilines is 1. The van der Waals surface area contributed by atoms with Crippen LogP contribution in [0.1, 0.15) is 17.2 Å². The van der Waals surface area contributed by atoms with Crippen molar-refractivity contribution in [3.63, 3.8) is 0 Å². The lowest BCUT2D eigenvalue weighted by molar-refractivity contribution is -0.116. The van der Waals surface area contributed by atoms with Gasteiger partial charge in [0.15, 0.2) is 0 Å². The number of fused-ring (bicyclic) bond motifs is 1. The molecular formula is C24H25N5O2. The number of nitrogens with one attached hydrogen (secondary N) is 2. The van der Waals surface area contributed by atoms with Crippen molar-refractivity contribution in [1.29, 1.82) is 0 Å². The third-order valence-corrected chi connectivity index (χ3v) is 5.08. The summed E-state index contributed by atoms with van der Waals surface area (Å²) in [4.78, 5) is 16.4. The molecule has 4 aromatic rings. The Bertz CT molecular complexity index is 1130. The monoisotopic (exact) mass is 415 g/mol. The molecule has 7 heteroatoms. The molecule has 0 fully saturated rings. The summed E-state index contributed by atoms with van der Waals surface area (Å²) >= 11 is 0. The largest absolute Gasteiger partial charge is 0.387 e. The Labute approximate surface area is 180 Å². The fraction of sp³-hybridized carbons (Fsp3) is 0.208. The van der Waals surface area contributed by atoms with E-state index in [0.29, 0.717) is 6.54 Å². The van der Waals surface area contributed by atoms with Gasteiger partial charge in [-0.3, -0.25) is 14.5 Å². The van der Waals surface area contributed by atoms with Crippen LogP contribution in [0.15, 0.2) is 79.3 Å². The van der Waals surface area contributed by atoms with E-state index in [1.807, 2.05) is 60.7 Å². The van der Waals surface area contributed by atoms with Crippen molar-refractivity contribution >= 4 is 22.5 Å². The summed E-state index contributed by atoms with van der Waals surface area (Å²) in [6, 6.07) is 19.3. The van der Waals surface area contributed by atoms with Crippen LogP contribution in [0.3, 0.4) is 0 Å². The molecule has 3 N–H and O–H groups in total. The average molecular weight is 415 g/mol. The molecule has 1 amide bonds. The van der Waals surface area contributed by atoms with E-state index >= 15 is 0 Å². The van der Waals surface area contributed by atoms with Crippen molar-refractivity contribution in [3.05, 3.63) is 90.4 Å². The zero-order valence-electron chi connectivity index (χ0n) is 17.1. The molecule has 0 saturated carbocycles. The van der Waals surface area contributed by atoms with Crippen LogP contribution in [0, 0.1) is 0 Å². The number of hydrogen-bond donors (Lipinski definition) is 3. The molecule has 0 aliphatic carbocycles. The minimum Gasteiger partial charge on any atom is -0.387 e. The van der Waals surface area contributed by atoms with Gasteiger partial charge in [-0.05, 0) is 42.8 Å². The maximum absolute atomic E-state index is 12.4. The standard InChI is InChI=1S/C24H25N5O2/c30-23(20-5-3-12-25-14-20)16-26-13-11-18-7-9-21(10-8-18)28-24(31)17-29-22-6-2-1-4-19(22)15-27-29/h1-10,12,14-15,23,26,30H,11,13,16-17H2,(H,28,31)/t23-/m0/s1. The minimum atomic E-state index is -0.571. The lowest BCUT2D eigenvalue weighted by atomic mass is 10.1. The van der Waals surface area contributed by atoms with E-state index in [4.69, 9.17) is 0 Å². The average Bonchev–Trinajstić information content (AvgIpc) is 3.21. The van der Waals surface area contributed by atoms with Gasteiger partial charge in [0, 0.05) is 35.6 Å². The number of aromatic nitrogens is 3. The van der Waals surface area contributed by atoms with Gasteiger partial charge in [0.1, 0.15) is 6.54 Å². The van der Waals surface area contributed by atoms with Crippen molar-refractivity contribution < 1.29 is 9.90 Å². The van der Waals surface area contributed by atoms with Crippen LogP contribution in [-0.4, -0.2) is 38.9 Å². The van der Waals surface area contributed by atoms with Crippen LogP contribution in [0.5, 0.6) is 0 Å². The van der Waals surface area contributed by atoms with Crippen molar-refractivity contribution in [2.45, 2.75) is 19.1 Å². The number of amides is 1. The molecule has 0 spiro atoms. The molecule has 0 unspecified atom stereocenters. The Balaban J connectivity index is 1.22. The number of nitrogens with zero attached hydrogens (tertiary/aromatic N) is 3. The third kappa shape index (κ3) is 5.53.